The van der Waals surface area contributed by atoms with Gasteiger partial charge in [0, 0.05) is 25.8 Å². The molecule has 4 fully saturated rings. The van der Waals surface area contributed by atoms with Crippen LogP contribution in [0, 0.1) is 11.8 Å². The van der Waals surface area contributed by atoms with Gasteiger partial charge in [-0.25, -0.2) is 4.79 Å². The molecule has 1 aliphatic carbocycles. The van der Waals surface area contributed by atoms with Crippen LogP contribution < -0.4 is 0 Å². The minimum atomic E-state index is -1.72. The first-order valence-electron chi connectivity index (χ1n) is 16.5. The van der Waals surface area contributed by atoms with Crippen LogP contribution in [0.15, 0.2) is 48.7 Å². The van der Waals surface area contributed by atoms with E-state index in [0.717, 1.165) is 12.5 Å². The Bertz CT molecular complexity index is 1470. The maximum atomic E-state index is 13.1. The lowest BCUT2D eigenvalue weighted by molar-refractivity contribution is -0.347. The first-order chi connectivity index (χ1) is 24.4. The molecule has 6 rings (SSSR count). The third-order valence-corrected chi connectivity index (χ3v) is 9.68. The van der Waals surface area contributed by atoms with Crippen molar-refractivity contribution in [2.45, 2.75) is 106 Å². The second-order valence-electron chi connectivity index (χ2n) is 13.0. The van der Waals surface area contributed by atoms with E-state index < -0.39 is 128 Å². The minimum Gasteiger partial charge on any atom is -0.472 e. The first kappa shape index (κ1) is 37.3. The zero-order valence-electron chi connectivity index (χ0n) is 27.9. The molecule has 0 amide bonds. The molecule has 1 aromatic carbocycles. The van der Waals surface area contributed by atoms with E-state index in [2.05, 4.69) is 0 Å². The number of hydrogen-bond donors (Lipinski definition) is 5. The highest BCUT2D eigenvalue weighted by molar-refractivity contribution is 5.87. The van der Waals surface area contributed by atoms with Gasteiger partial charge in [0.1, 0.15) is 36.1 Å². The van der Waals surface area contributed by atoms with Crippen LogP contribution in [0.3, 0.4) is 0 Å². The number of esters is 3. The Labute approximate surface area is 292 Å². The molecule has 17 nitrogen and oxygen atoms in total. The topological polar surface area (TPSA) is 239 Å². The van der Waals surface area contributed by atoms with Gasteiger partial charge in [0.15, 0.2) is 30.9 Å². The molecule has 16 atom stereocenters. The molecule has 4 aliphatic heterocycles. The summed E-state index contributed by atoms with van der Waals surface area (Å²) in [5, 5.41) is 51.2. The Hall–Kier alpha value is -3.49. The molecule has 1 saturated carbocycles. The molecular weight excluding hydrogens is 680 g/mol. The van der Waals surface area contributed by atoms with Crippen LogP contribution in [0.1, 0.15) is 26.3 Å². The van der Waals surface area contributed by atoms with Gasteiger partial charge < -0.3 is 68.2 Å². The Morgan fingerprint density at radius 1 is 0.824 bits per heavy atom. The van der Waals surface area contributed by atoms with Gasteiger partial charge in [0.2, 0.25) is 6.29 Å². The molecule has 1 aromatic rings. The Balaban J connectivity index is 1.24. The number of hydrogen-bond acceptors (Lipinski definition) is 17. The number of aliphatic hydroxyl groups is 5. The summed E-state index contributed by atoms with van der Waals surface area (Å²) in [6.45, 7) is 2.69. The van der Waals surface area contributed by atoms with Crippen molar-refractivity contribution < 1.29 is 82.5 Å². The quantitative estimate of drug-likeness (QED) is 0.0769. The highest BCUT2D eigenvalue weighted by Gasteiger charge is 2.77. The van der Waals surface area contributed by atoms with Crippen LogP contribution >= 0.6 is 0 Å². The number of epoxide rings is 1. The molecule has 3 saturated heterocycles. The maximum Gasteiger partial charge on any atom is 0.331 e. The van der Waals surface area contributed by atoms with Gasteiger partial charge in [0.05, 0.1) is 37.6 Å². The van der Waals surface area contributed by atoms with Gasteiger partial charge in [-0.1, -0.05) is 30.3 Å². The van der Waals surface area contributed by atoms with Gasteiger partial charge in [-0.05, 0) is 24.6 Å². The zero-order valence-corrected chi connectivity index (χ0v) is 27.9. The molecule has 17 heteroatoms. The van der Waals surface area contributed by atoms with E-state index in [1.807, 2.05) is 6.07 Å². The third kappa shape index (κ3) is 7.41. The van der Waals surface area contributed by atoms with E-state index >= 15 is 0 Å². The number of carbonyl (C=O) groups excluding carboxylic acids is 3. The van der Waals surface area contributed by atoms with Crippen molar-refractivity contribution in [3.05, 3.63) is 54.3 Å². The lowest BCUT2D eigenvalue weighted by atomic mass is 9.85. The van der Waals surface area contributed by atoms with Crippen LogP contribution in [0.5, 0.6) is 0 Å². The summed E-state index contributed by atoms with van der Waals surface area (Å²) < 4.78 is 52.6. The first-order valence-corrected chi connectivity index (χ1v) is 16.5. The fourth-order valence-electron chi connectivity index (χ4n) is 7.25. The third-order valence-electron chi connectivity index (χ3n) is 9.68. The second kappa shape index (κ2) is 15.2. The summed E-state index contributed by atoms with van der Waals surface area (Å²) in [5.41, 5.74) is -0.556. The van der Waals surface area contributed by atoms with E-state index in [-0.39, 0.29) is 0 Å². The van der Waals surface area contributed by atoms with Crippen LogP contribution in [0.25, 0.3) is 6.08 Å². The van der Waals surface area contributed by atoms with Crippen molar-refractivity contribution in [2.75, 3.05) is 13.2 Å². The number of carbonyl (C=O) groups is 3. The number of ether oxygens (including phenoxy) is 9. The van der Waals surface area contributed by atoms with Gasteiger partial charge in [0.25, 0.3) is 0 Å². The molecule has 0 radical (unpaired) electrons. The largest absolute Gasteiger partial charge is 0.472 e. The lowest BCUT2D eigenvalue weighted by Gasteiger charge is -2.45. The molecule has 0 spiro atoms. The number of benzene rings is 1. The zero-order chi connectivity index (χ0) is 36.6. The predicted molar refractivity (Wildman–Crippen MR) is 166 cm³/mol. The lowest BCUT2D eigenvalue weighted by Crippen LogP contribution is -2.62. The van der Waals surface area contributed by atoms with Crippen LogP contribution in [0.4, 0.5) is 0 Å². The molecule has 0 unspecified atom stereocenters. The highest BCUT2D eigenvalue weighted by atomic mass is 16.8. The van der Waals surface area contributed by atoms with Crippen LogP contribution in [-0.4, -0.2) is 142 Å². The van der Waals surface area contributed by atoms with Gasteiger partial charge in [-0.2, -0.15) is 0 Å². The Morgan fingerprint density at radius 3 is 2.20 bits per heavy atom. The number of rotatable bonds is 11. The van der Waals surface area contributed by atoms with Gasteiger partial charge >= 0.3 is 17.9 Å². The van der Waals surface area contributed by atoms with Crippen molar-refractivity contribution in [3.8, 4) is 0 Å². The average Bonchev–Trinajstić information content (AvgIpc) is 3.78. The SMILES string of the molecule is CC(=O)O[C@@H]1[C@H](O[C@@H]2[C@H]3C=CO[C@H](O[C@H]4O[C@H](CO)[C@@H](O)[C@H](O)[C@@H]4O)[C@H]3[C@@]3(CO)O[C@@H]23)O[C@H](C)[C@H](OC(C)=O)[C@H]1OC(=O)/C=C/c1ccccc1. The summed E-state index contributed by atoms with van der Waals surface area (Å²) >= 11 is 0. The molecule has 5 aliphatic rings. The molecule has 51 heavy (non-hydrogen) atoms. The van der Waals surface area contributed by atoms with Crippen molar-refractivity contribution >= 4 is 24.0 Å². The molecule has 0 bridgehead atoms. The molecule has 0 aromatic heterocycles. The van der Waals surface area contributed by atoms with Crippen molar-refractivity contribution in [1.82, 2.24) is 0 Å². The monoisotopic (exact) mass is 722 g/mol. The molecule has 5 N–H and O–H groups in total. The van der Waals surface area contributed by atoms with Crippen molar-refractivity contribution in [1.29, 1.82) is 0 Å². The average molecular weight is 723 g/mol. The molecule has 280 valence electrons. The molecule has 4 heterocycles. The fraction of sp³-hybridized carbons (Fsp3) is 0.618. The smallest absolute Gasteiger partial charge is 0.331 e. The highest BCUT2D eigenvalue weighted by Crippen LogP contribution is 2.61. The summed E-state index contributed by atoms with van der Waals surface area (Å²) in [5.74, 6) is -3.71. The normalized spacial score (nSPS) is 42.7. The van der Waals surface area contributed by atoms with E-state index in [4.69, 9.17) is 42.6 Å². The minimum absolute atomic E-state index is 0.512. The van der Waals surface area contributed by atoms with Crippen molar-refractivity contribution in [3.63, 3.8) is 0 Å². The van der Waals surface area contributed by atoms with Crippen LogP contribution in [0.2, 0.25) is 0 Å². The van der Waals surface area contributed by atoms with E-state index in [9.17, 15) is 39.9 Å². The number of fused-ring (bicyclic) bond motifs is 3. The standard InChI is InChI=1S/C34H42O17/c1-15-26(45-16(2)37)28(48-21(39)10-9-18-7-5-4-6-8-18)29(46-17(3)38)33(44-15)49-27-19-11-12-43-31(22(19)34(14-36)30(27)51-34)50-32-25(42)24(41)23(40)20(13-35)47-32/h4-12,15,19-20,22-33,35-36,40-42H,13-14H2,1-3H3/b10-9+/t15-,19+,20-,22+,23-,24+,25+,26+,27-,28-,29+,30+,31-,32-,33+,34-/m1/s1. The Kier molecular flexibility index (Phi) is 11.1. The van der Waals surface area contributed by atoms with Gasteiger partial charge in [-0.3, -0.25) is 9.59 Å². The number of aliphatic hydroxyl groups excluding tert-OH is 5. The van der Waals surface area contributed by atoms with Crippen molar-refractivity contribution in [2.24, 2.45) is 11.8 Å². The summed E-state index contributed by atoms with van der Waals surface area (Å²) in [6, 6.07) is 8.96. The second-order valence-corrected chi connectivity index (χ2v) is 13.0. The van der Waals surface area contributed by atoms with Crippen LogP contribution in [-0.2, 0) is 57.0 Å². The van der Waals surface area contributed by atoms with E-state index in [0.29, 0.717) is 0 Å². The molecular formula is C34H42O17. The predicted octanol–water partition coefficient (Wildman–Crippen LogP) is -1.33. The van der Waals surface area contributed by atoms with E-state index in [1.165, 1.54) is 25.3 Å². The van der Waals surface area contributed by atoms with E-state index in [1.54, 1.807) is 37.3 Å². The fourth-order valence-corrected chi connectivity index (χ4v) is 7.25. The summed E-state index contributed by atoms with van der Waals surface area (Å²) in [6.07, 6.45) is -11.5. The van der Waals surface area contributed by atoms with Gasteiger partial charge in [-0.15, -0.1) is 0 Å². The maximum absolute atomic E-state index is 13.1. The summed E-state index contributed by atoms with van der Waals surface area (Å²) in [7, 11) is 0. The Morgan fingerprint density at radius 2 is 1.53 bits per heavy atom. The summed E-state index contributed by atoms with van der Waals surface area (Å²) in [4.78, 5) is 37.6.